The van der Waals surface area contributed by atoms with Crippen molar-refractivity contribution >= 4 is 5.57 Å². The Morgan fingerprint density at radius 3 is 2.35 bits per heavy atom. The van der Waals surface area contributed by atoms with Crippen LogP contribution in [-0.4, -0.2) is 38.1 Å². The van der Waals surface area contributed by atoms with Gasteiger partial charge in [-0.25, -0.2) is 0 Å². The molecule has 0 fully saturated rings. The van der Waals surface area contributed by atoms with Crippen molar-refractivity contribution < 1.29 is 24.4 Å². The first-order valence-electron chi connectivity index (χ1n) is 7.98. The SMILES string of the molecule is C=C(c1ccc(OC)c(C#CCCO)c1)c1cc(O)c(OC)c(OC)c1. The Balaban J connectivity index is 2.46. The van der Waals surface area contributed by atoms with Crippen LogP contribution in [0.25, 0.3) is 5.57 Å². The molecule has 2 rings (SSSR count). The maximum Gasteiger partial charge on any atom is 0.203 e. The summed E-state index contributed by atoms with van der Waals surface area (Å²) in [6.07, 6.45) is 0.387. The fourth-order valence-corrected chi connectivity index (χ4v) is 2.49. The van der Waals surface area contributed by atoms with Gasteiger partial charge in [-0.05, 0) is 41.0 Å². The lowest BCUT2D eigenvalue weighted by atomic mass is 9.97. The third kappa shape index (κ3) is 4.11. The number of phenols is 1. The number of phenolic OH excluding ortho intramolecular Hbond substituents is 1. The van der Waals surface area contributed by atoms with Gasteiger partial charge in [0, 0.05) is 6.42 Å². The molecular formula is C21H22O5. The zero-order chi connectivity index (χ0) is 19.1. The van der Waals surface area contributed by atoms with E-state index >= 15 is 0 Å². The molecule has 2 aromatic carbocycles. The highest BCUT2D eigenvalue weighted by Gasteiger charge is 2.14. The predicted molar refractivity (Wildman–Crippen MR) is 101 cm³/mol. The first-order valence-corrected chi connectivity index (χ1v) is 7.98. The van der Waals surface area contributed by atoms with E-state index in [4.69, 9.17) is 19.3 Å². The second-order valence-electron chi connectivity index (χ2n) is 5.40. The summed E-state index contributed by atoms with van der Waals surface area (Å²) < 4.78 is 15.8. The molecule has 2 N–H and O–H groups in total. The van der Waals surface area contributed by atoms with E-state index in [2.05, 4.69) is 18.4 Å². The Kier molecular flexibility index (Phi) is 6.54. The number of aliphatic hydroxyl groups is 1. The number of hydrogen-bond donors (Lipinski definition) is 2. The standard InChI is InChI=1S/C21H22O5/c1-14(17-12-18(23)21(26-4)20(13-17)25-3)15-8-9-19(24-2)16(11-15)7-5-6-10-22/h8-9,11-13,22-23H,1,6,10H2,2-4H3. The minimum absolute atomic E-state index is 0.00658. The molecule has 0 atom stereocenters. The Hall–Kier alpha value is -3.10. The molecule has 136 valence electrons. The average molecular weight is 354 g/mol. The second-order valence-corrected chi connectivity index (χ2v) is 5.40. The Bertz CT molecular complexity index is 859. The van der Waals surface area contributed by atoms with Crippen LogP contribution >= 0.6 is 0 Å². The van der Waals surface area contributed by atoms with Crippen LogP contribution in [0.2, 0.25) is 0 Å². The molecule has 0 aliphatic carbocycles. The minimum atomic E-state index is -0.0283. The smallest absolute Gasteiger partial charge is 0.203 e. The lowest BCUT2D eigenvalue weighted by Crippen LogP contribution is -1.95. The Labute approximate surface area is 153 Å². The van der Waals surface area contributed by atoms with Gasteiger partial charge in [0.1, 0.15) is 5.75 Å². The van der Waals surface area contributed by atoms with Crippen molar-refractivity contribution in [3.63, 3.8) is 0 Å². The van der Waals surface area contributed by atoms with Gasteiger partial charge in [0.05, 0.1) is 33.5 Å². The van der Waals surface area contributed by atoms with Crippen molar-refractivity contribution in [2.75, 3.05) is 27.9 Å². The molecule has 26 heavy (non-hydrogen) atoms. The zero-order valence-corrected chi connectivity index (χ0v) is 15.1. The van der Waals surface area contributed by atoms with Gasteiger partial charge < -0.3 is 24.4 Å². The lowest BCUT2D eigenvalue weighted by molar-refractivity contribution is 0.305. The maximum atomic E-state index is 10.2. The lowest BCUT2D eigenvalue weighted by Gasteiger charge is -2.14. The van der Waals surface area contributed by atoms with Gasteiger partial charge in [0.15, 0.2) is 11.5 Å². The molecule has 0 aliphatic heterocycles. The topological polar surface area (TPSA) is 68.2 Å². The van der Waals surface area contributed by atoms with E-state index < -0.39 is 0 Å². The number of rotatable bonds is 6. The maximum absolute atomic E-state index is 10.2. The highest BCUT2D eigenvalue weighted by molar-refractivity contribution is 5.81. The van der Waals surface area contributed by atoms with E-state index in [1.165, 1.54) is 14.2 Å². The van der Waals surface area contributed by atoms with Crippen molar-refractivity contribution in [2.45, 2.75) is 6.42 Å². The van der Waals surface area contributed by atoms with E-state index in [1.807, 2.05) is 18.2 Å². The molecule has 0 heterocycles. The van der Waals surface area contributed by atoms with Gasteiger partial charge in [-0.1, -0.05) is 24.5 Å². The van der Waals surface area contributed by atoms with Gasteiger partial charge >= 0.3 is 0 Å². The first-order chi connectivity index (χ1) is 12.5. The summed E-state index contributed by atoms with van der Waals surface area (Å²) in [5.41, 5.74) is 2.91. The zero-order valence-electron chi connectivity index (χ0n) is 15.1. The van der Waals surface area contributed by atoms with E-state index in [0.717, 1.165) is 5.56 Å². The normalized spacial score (nSPS) is 9.85. The van der Waals surface area contributed by atoms with E-state index in [0.29, 0.717) is 34.6 Å². The summed E-state index contributed by atoms with van der Waals surface area (Å²) in [5, 5.41) is 19.1. The number of hydrogen-bond acceptors (Lipinski definition) is 5. The number of methoxy groups -OCH3 is 3. The quantitative estimate of drug-likeness (QED) is 0.780. The molecule has 5 nitrogen and oxygen atoms in total. The summed E-state index contributed by atoms with van der Waals surface area (Å²) in [5.74, 6) is 7.18. The van der Waals surface area contributed by atoms with Crippen LogP contribution in [-0.2, 0) is 0 Å². The van der Waals surface area contributed by atoms with Gasteiger partial charge in [-0.15, -0.1) is 0 Å². The third-order valence-corrected chi connectivity index (χ3v) is 3.82. The largest absolute Gasteiger partial charge is 0.504 e. The Morgan fingerprint density at radius 1 is 1.00 bits per heavy atom. The van der Waals surface area contributed by atoms with Crippen LogP contribution in [0.3, 0.4) is 0 Å². The highest BCUT2D eigenvalue weighted by atomic mass is 16.5. The van der Waals surface area contributed by atoms with Crippen LogP contribution in [0, 0.1) is 11.8 Å². The van der Waals surface area contributed by atoms with Gasteiger partial charge in [-0.3, -0.25) is 0 Å². The first kappa shape index (κ1) is 19.2. The van der Waals surface area contributed by atoms with Crippen molar-refractivity contribution in [1.82, 2.24) is 0 Å². The molecule has 0 saturated carbocycles. The minimum Gasteiger partial charge on any atom is -0.504 e. The van der Waals surface area contributed by atoms with Crippen molar-refractivity contribution in [3.8, 4) is 34.8 Å². The molecule has 5 heteroatoms. The summed E-state index contributed by atoms with van der Waals surface area (Å²) in [6, 6.07) is 8.86. The Morgan fingerprint density at radius 2 is 1.73 bits per heavy atom. The molecule has 0 spiro atoms. The van der Waals surface area contributed by atoms with E-state index in [9.17, 15) is 5.11 Å². The van der Waals surface area contributed by atoms with Gasteiger partial charge in [0.2, 0.25) is 5.75 Å². The monoisotopic (exact) mass is 354 g/mol. The summed E-state index contributed by atoms with van der Waals surface area (Å²) in [7, 11) is 4.55. The van der Waals surface area contributed by atoms with Gasteiger partial charge in [0.25, 0.3) is 0 Å². The molecule has 2 aromatic rings. The number of aliphatic hydroxyl groups excluding tert-OH is 1. The highest BCUT2D eigenvalue weighted by Crippen LogP contribution is 2.40. The van der Waals surface area contributed by atoms with E-state index in [-0.39, 0.29) is 18.1 Å². The van der Waals surface area contributed by atoms with Crippen LogP contribution < -0.4 is 14.2 Å². The second kappa shape index (κ2) is 8.84. The predicted octanol–water partition coefficient (Wildman–Crippen LogP) is 3.21. The fraction of sp³-hybridized carbons (Fsp3) is 0.238. The van der Waals surface area contributed by atoms with Crippen molar-refractivity contribution in [1.29, 1.82) is 0 Å². The molecule has 0 amide bonds. The van der Waals surface area contributed by atoms with Crippen LogP contribution in [0.5, 0.6) is 23.0 Å². The summed E-state index contributed by atoms with van der Waals surface area (Å²) in [6.45, 7) is 4.13. The molecule has 0 saturated heterocycles. The molecule has 0 unspecified atom stereocenters. The fourth-order valence-electron chi connectivity index (χ4n) is 2.49. The van der Waals surface area contributed by atoms with Crippen LogP contribution in [0.15, 0.2) is 36.9 Å². The van der Waals surface area contributed by atoms with Gasteiger partial charge in [-0.2, -0.15) is 0 Å². The molecule has 0 bridgehead atoms. The van der Waals surface area contributed by atoms with E-state index in [1.54, 1.807) is 19.2 Å². The summed E-state index contributed by atoms with van der Waals surface area (Å²) >= 11 is 0. The third-order valence-electron chi connectivity index (χ3n) is 3.82. The summed E-state index contributed by atoms with van der Waals surface area (Å²) in [4.78, 5) is 0. The van der Waals surface area contributed by atoms with Crippen LogP contribution in [0.4, 0.5) is 0 Å². The molecule has 0 radical (unpaired) electrons. The van der Waals surface area contributed by atoms with Crippen molar-refractivity contribution in [3.05, 3.63) is 53.6 Å². The molecule has 0 aliphatic rings. The number of aromatic hydroxyl groups is 1. The number of benzene rings is 2. The van der Waals surface area contributed by atoms with Crippen LogP contribution in [0.1, 0.15) is 23.1 Å². The average Bonchev–Trinajstić information content (AvgIpc) is 2.66. The number of ether oxygens (including phenoxy) is 3. The molecule has 0 aromatic heterocycles. The molecular weight excluding hydrogens is 332 g/mol. The van der Waals surface area contributed by atoms with Crippen molar-refractivity contribution in [2.24, 2.45) is 0 Å².